The molecule has 3 aliphatic rings. The van der Waals surface area contributed by atoms with Crippen LogP contribution >= 0.6 is 11.6 Å². The summed E-state index contributed by atoms with van der Waals surface area (Å²) >= 11 is 6.22. The number of likely N-dealkylation sites (tertiary alicyclic amines) is 2. The van der Waals surface area contributed by atoms with Crippen LogP contribution in [0.4, 0.5) is 0 Å². The Labute approximate surface area is 148 Å². The Hall–Kier alpha value is -1.26. The van der Waals surface area contributed by atoms with Gasteiger partial charge in [-0.3, -0.25) is 9.69 Å². The van der Waals surface area contributed by atoms with Crippen molar-refractivity contribution in [2.75, 3.05) is 32.7 Å². The number of amides is 1. The first kappa shape index (κ1) is 16.2. The molecule has 1 amide bonds. The Morgan fingerprint density at radius 3 is 2.75 bits per heavy atom. The minimum atomic E-state index is 0.180. The van der Waals surface area contributed by atoms with Crippen LogP contribution in [0.25, 0.3) is 0 Å². The summed E-state index contributed by atoms with van der Waals surface area (Å²) in [5, 5.41) is 0.668. The van der Waals surface area contributed by atoms with Gasteiger partial charge >= 0.3 is 0 Å². The molecule has 0 radical (unpaired) electrons. The predicted molar refractivity (Wildman–Crippen MR) is 94.3 cm³/mol. The van der Waals surface area contributed by atoms with E-state index in [0.717, 1.165) is 44.8 Å². The smallest absolute Gasteiger partial charge is 0.236 e. The number of ether oxygens (including phenoxy) is 1. The number of benzene rings is 1. The highest BCUT2D eigenvalue weighted by Crippen LogP contribution is 2.41. The van der Waals surface area contributed by atoms with Gasteiger partial charge in [0.25, 0.3) is 0 Å². The van der Waals surface area contributed by atoms with E-state index in [0.29, 0.717) is 29.3 Å². The molecule has 5 heteroatoms. The summed E-state index contributed by atoms with van der Waals surface area (Å²) in [5.41, 5.74) is 0. The molecule has 0 spiro atoms. The second-order valence-corrected chi connectivity index (χ2v) is 7.78. The molecule has 2 aliphatic heterocycles. The van der Waals surface area contributed by atoms with Crippen LogP contribution in [0.2, 0.25) is 5.02 Å². The van der Waals surface area contributed by atoms with Crippen LogP contribution in [-0.2, 0) is 4.79 Å². The van der Waals surface area contributed by atoms with E-state index >= 15 is 0 Å². The van der Waals surface area contributed by atoms with Gasteiger partial charge in [-0.1, -0.05) is 23.7 Å². The highest BCUT2D eigenvalue weighted by molar-refractivity contribution is 6.32. The van der Waals surface area contributed by atoms with E-state index in [1.165, 1.54) is 12.8 Å². The summed E-state index contributed by atoms with van der Waals surface area (Å²) in [4.78, 5) is 16.9. The van der Waals surface area contributed by atoms with Crippen LogP contribution in [0.5, 0.6) is 5.75 Å². The lowest BCUT2D eigenvalue weighted by molar-refractivity contribution is -0.131. The summed E-state index contributed by atoms with van der Waals surface area (Å²) in [6.07, 6.45) is 4.85. The lowest BCUT2D eigenvalue weighted by Gasteiger charge is -2.24. The molecule has 1 saturated carbocycles. The van der Waals surface area contributed by atoms with E-state index in [2.05, 4.69) is 9.80 Å². The van der Waals surface area contributed by atoms with E-state index in [9.17, 15) is 4.79 Å². The molecular formula is C19H25ClN2O2. The van der Waals surface area contributed by atoms with Crippen molar-refractivity contribution < 1.29 is 9.53 Å². The topological polar surface area (TPSA) is 32.8 Å². The normalized spacial score (nSPS) is 29.9. The lowest BCUT2D eigenvalue weighted by Crippen LogP contribution is -2.39. The van der Waals surface area contributed by atoms with Gasteiger partial charge in [0.1, 0.15) is 11.9 Å². The average molecular weight is 349 g/mol. The minimum Gasteiger partial charge on any atom is -0.489 e. The summed E-state index contributed by atoms with van der Waals surface area (Å²) in [7, 11) is 0. The molecule has 2 saturated heterocycles. The summed E-state index contributed by atoms with van der Waals surface area (Å²) in [6.45, 7) is 4.48. The second-order valence-electron chi connectivity index (χ2n) is 7.37. The molecular weight excluding hydrogens is 324 g/mol. The highest BCUT2D eigenvalue weighted by Gasteiger charge is 2.45. The third-order valence-electron chi connectivity index (χ3n) is 5.82. The molecule has 1 aromatic rings. The molecule has 0 unspecified atom stereocenters. The molecule has 130 valence electrons. The maximum absolute atomic E-state index is 12.6. The van der Waals surface area contributed by atoms with Crippen LogP contribution in [-0.4, -0.2) is 54.5 Å². The monoisotopic (exact) mass is 348 g/mol. The van der Waals surface area contributed by atoms with E-state index in [4.69, 9.17) is 16.3 Å². The van der Waals surface area contributed by atoms with Crippen molar-refractivity contribution in [1.82, 2.24) is 9.80 Å². The maximum Gasteiger partial charge on any atom is 0.236 e. The first-order valence-corrected chi connectivity index (χ1v) is 9.50. The Morgan fingerprint density at radius 2 is 1.96 bits per heavy atom. The number of hydrogen-bond donors (Lipinski definition) is 0. The number of fused-ring (bicyclic) bond motifs is 1. The minimum absolute atomic E-state index is 0.180. The van der Waals surface area contributed by atoms with Crippen LogP contribution in [0.1, 0.15) is 25.7 Å². The first-order valence-electron chi connectivity index (χ1n) is 9.12. The van der Waals surface area contributed by atoms with Crippen molar-refractivity contribution in [1.29, 1.82) is 0 Å². The Morgan fingerprint density at radius 1 is 1.17 bits per heavy atom. The molecule has 0 aromatic heterocycles. The Balaban J connectivity index is 1.36. The molecule has 0 N–H and O–H groups in total. The van der Waals surface area contributed by atoms with Gasteiger partial charge in [0.15, 0.2) is 0 Å². The summed E-state index contributed by atoms with van der Waals surface area (Å²) < 4.78 is 6.20. The molecule has 1 aliphatic carbocycles. The zero-order valence-corrected chi connectivity index (χ0v) is 14.8. The number of halogens is 1. The van der Waals surface area contributed by atoms with Crippen LogP contribution in [0.3, 0.4) is 0 Å². The molecule has 3 atom stereocenters. The van der Waals surface area contributed by atoms with Gasteiger partial charge in [-0.2, -0.15) is 0 Å². The van der Waals surface area contributed by atoms with Gasteiger partial charge < -0.3 is 9.64 Å². The third kappa shape index (κ3) is 3.27. The maximum atomic E-state index is 12.6. The standard InChI is InChI=1S/C19H25ClN2O2/c20-16-5-1-2-6-18(16)24-17-8-7-14-11-22(12-15(14)17)19(23)13-21-9-3-4-10-21/h1-2,5-6,14-15,17H,3-4,7-13H2/t14-,15+,17-/m0/s1. The molecule has 1 aromatic carbocycles. The van der Waals surface area contributed by atoms with E-state index < -0.39 is 0 Å². The van der Waals surface area contributed by atoms with Gasteiger partial charge in [-0.05, 0) is 56.8 Å². The predicted octanol–water partition coefficient (Wildman–Crippen LogP) is 3.05. The molecule has 4 nitrogen and oxygen atoms in total. The van der Waals surface area contributed by atoms with Crippen molar-refractivity contribution in [3.63, 3.8) is 0 Å². The largest absolute Gasteiger partial charge is 0.489 e. The van der Waals surface area contributed by atoms with Gasteiger partial charge in [-0.15, -0.1) is 0 Å². The number of rotatable bonds is 4. The lowest BCUT2D eigenvalue weighted by atomic mass is 9.99. The third-order valence-corrected chi connectivity index (χ3v) is 6.13. The zero-order valence-electron chi connectivity index (χ0n) is 14.0. The molecule has 3 fully saturated rings. The zero-order chi connectivity index (χ0) is 16.5. The van der Waals surface area contributed by atoms with Gasteiger partial charge in [0, 0.05) is 19.0 Å². The van der Waals surface area contributed by atoms with Crippen molar-refractivity contribution in [3.8, 4) is 5.75 Å². The van der Waals surface area contributed by atoms with Crippen molar-refractivity contribution in [2.45, 2.75) is 31.8 Å². The number of carbonyl (C=O) groups excluding carboxylic acids is 1. The fraction of sp³-hybridized carbons (Fsp3) is 0.632. The van der Waals surface area contributed by atoms with Crippen LogP contribution < -0.4 is 4.74 Å². The number of hydrogen-bond acceptors (Lipinski definition) is 3. The summed E-state index contributed by atoms with van der Waals surface area (Å²) in [5.74, 6) is 2.10. The SMILES string of the molecule is O=C(CN1CCCC1)N1C[C@@H]2CC[C@H](Oc3ccccc3Cl)[C@@H]2C1. The fourth-order valence-electron chi connectivity index (χ4n) is 4.50. The quantitative estimate of drug-likeness (QED) is 0.838. The van der Waals surface area contributed by atoms with Crippen molar-refractivity contribution in [2.24, 2.45) is 11.8 Å². The molecule has 0 bridgehead atoms. The van der Waals surface area contributed by atoms with E-state index in [1.54, 1.807) is 0 Å². The Bertz CT molecular complexity index is 603. The number of carbonyl (C=O) groups is 1. The van der Waals surface area contributed by atoms with Crippen LogP contribution in [0, 0.1) is 11.8 Å². The number of para-hydroxylation sites is 1. The molecule has 4 rings (SSSR count). The van der Waals surface area contributed by atoms with Gasteiger partial charge in [0.2, 0.25) is 5.91 Å². The molecule has 24 heavy (non-hydrogen) atoms. The Kier molecular flexibility index (Phi) is 4.68. The van der Waals surface area contributed by atoms with E-state index in [1.807, 2.05) is 24.3 Å². The van der Waals surface area contributed by atoms with Crippen LogP contribution in [0.15, 0.2) is 24.3 Å². The second kappa shape index (κ2) is 6.93. The highest BCUT2D eigenvalue weighted by atomic mass is 35.5. The van der Waals surface area contributed by atoms with Crippen molar-refractivity contribution >= 4 is 17.5 Å². The van der Waals surface area contributed by atoms with Crippen molar-refractivity contribution in [3.05, 3.63) is 29.3 Å². The van der Waals surface area contributed by atoms with Gasteiger partial charge in [-0.25, -0.2) is 0 Å². The van der Waals surface area contributed by atoms with Gasteiger partial charge in [0.05, 0.1) is 11.6 Å². The summed E-state index contributed by atoms with van der Waals surface area (Å²) in [6, 6.07) is 7.67. The molecule has 2 heterocycles. The van der Waals surface area contributed by atoms with E-state index in [-0.39, 0.29) is 6.10 Å². The average Bonchev–Trinajstić information content (AvgIpc) is 3.28. The number of nitrogens with zero attached hydrogens (tertiary/aromatic N) is 2. The fourth-order valence-corrected chi connectivity index (χ4v) is 4.68. The first-order chi connectivity index (χ1) is 11.7.